The van der Waals surface area contributed by atoms with Gasteiger partial charge in [-0.2, -0.15) is 14.8 Å². The Bertz CT molecular complexity index is 532. The molecule has 84 valence electrons. The predicted octanol–water partition coefficient (Wildman–Crippen LogP) is -0.244. The Labute approximate surface area is 93.0 Å². The topological polar surface area (TPSA) is 114 Å². The highest BCUT2D eigenvalue weighted by Crippen LogP contribution is 2.12. The van der Waals surface area contributed by atoms with Gasteiger partial charge in [0.05, 0.1) is 18.3 Å². The highest BCUT2D eigenvalue weighted by atomic mass is 32.2. The molecule has 0 saturated heterocycles. The molecule has 0 aliphatic heterocycles. The monoisotopic (exact) mass is 239 g/mol. The van der Waals surface area contributed by atoms with Crippen molar-refractivity contribution in [1.82, 2.24) is 14.3 Å². The molecule has 0 unspecified atom stereocenters. The van der Waals surface area contributed by atoms with Crippen molar-refractivity contribution in [2.75, 3.05) is 13.1 Å². The molecule has 0 aliphatic carbocycles. The van der Waals surface area contributed by atoms with Gasteiger partial charge in [0.25, 0.3) is 10.0 Å². The number of H-pyrrole nitrogens is 1. The number of hydrogen-bond acceptors (Lipinski definition) is 5. The first-order chi connectivity index (χ1) is 7.52. The summed E-state index contributed by atoms with van der Waals surface area (Å²) in [6.07, 6.45) is 1.16. The second-order valence-electron chi connectivity index (χ2n) is 2.92. The van der Waals surface area contributed by atoms with Gasteiger partial charge in [-0.15, -0.1) is 0 Å². The normalized spacial score (nSPS) is 11.0. The number of nitrogens with zero attached hydrogens (tertiary/aromatic N) is 4. The molecule has 8 heteroatoms. The molecule has 1 aromatic heterocycles. The molecule has 0 aromatic carbocycles. The van der Waals surface area contributed by atoms with Crippen molar-refractivity contribution >= 4 is 10.0 Å². The van der Waals surface area contributed by atoms with Gasteiger partial charge in [0.1, 0.15) is 18.9 Å². The molecule has 1 rings (SSSR count). The summed E-state index contributed by atoms with van der Waals surface area (Å²) in [5.74, 6) is 0.451. The first kappa shape index (κ1) is 12.2. The zero-order valence-corrected chi connectivity index (χ0v) is 9.32. The Morgan fingerprint density at radius 1 is 1.44 bits per heavy atom. The zero-order valence-electron chi connectivity index (χ0n) is 8.51. The van der Waals surface area contributed by atoms with Crippen LogP contribution >= 0.6 is 0 Å². The summed E-state index contributed by atoms with van der Waals surface area (Å²) in [4.78, 5) is 6.31. The average molecular weight is 239 g/mol. The second kappa shape index (κ2) is 4.75. The van der Waals surface area contributed by atoms with Crippen molar-refractivity contribution in [3.8, 4) is 12.1 Å². The molecule has 0 bridgehead atoms. The van der Waals surface area contributed by atoms with Gasteiger partial charge in [0.2, 0.25) is 0 Å². The van der Waals surface area contributed by atoms with Crippen molar-refractivity contribution in [2.45, 2.75) is 11.9 Å². The van der Waals surface area contributed by atoms with Crippen LogP contribution in [-0.2, 0) is 10.0 Å². The standard InChI is InChI=1S/C8H9N5O2S/c1-7-11-6-8(12-7)16(14,15)13(4-2-9)5-3-10/h6H,4-5H2,1H3,(H,11,12). The number of aryl methyl sites for hydroxylation is 1. The Hall–Kier alpha value is -1.90. The molecule has 0 saturated carbocycles. The van der Waals surface area contributed by atoms with Crippen LogP contribution < -0.4 is 0 Å². The Balaban J connectivity index is 3.09. The lowest BCUT2D eigenvalue weighted by molar-refractivity contribution is 0.477. The van der Waals surface area contributed by atoms with Gasteiger partial charge < -0.3 is 4.98 Å². The number of nitrogens with one attached hydrogen (secondary N) is 1. The predicted molar refractivity (Wildman–Crippen MR) is 53.3 cm³/mol. The van der Waals surface area contributed by atoms with Crippen molar-refractivity contribution < 1.29 is 8.42 Å². The Morgan fingerprint density at radius 2 is 2.00 bits per heavy atom. The fourth-order valence-electron chi connectivity index (χ4n) is 1.05. The van der Waals surface area contributed by atoms with Crippen LogP contribution in [-0.4, -0.2) is 35.8 Å². The minimum absolute atomic E-state index is 0.115. The fourth-order valence-corrected chi connectivity index (χ4v) is 2.25. The lowest BCUT2D eigenvalue weighted by atomic mass is 10.6. The number of aromatic nitrogens is 2. The molecule has 1 N–H and O–H groups in total. The maximum absolute atomic E-state index is 11.9. The van der Waals surface area contributed by atoms with E-state index in [9.17, 15) is 8.42 Å². The smallest absolute Gasteiger partial charge is 0.262 e. The average Bonchev–Trinajstić information content (AvgIpc) is 2.65. The van der Waals surface area contributed by atoms with Crippen LogP contribution in [0.25, 0.3) is 0 Å². The van der Waals surface area contributed by atoms with Crippen LogP contribution in [0.1, 0.15) is 5.82 Å². The van der Waals surface area contributed by atoms with Gasteiger partial charge in [0, 0.05) is 0 Å². The summed E-state index contributed by atoms with van der Waals surface area (Å²) in [5.41, 5.74) is 0. The minimum Gasteiger partial charge on any atom is -0.332 e. The minimum atomic E-state index is -3.83. The summed E-state index contributed by atoms with van der Waals surface area (Å²) < 4.78 is 24.5. The zero-order chi connectivity index (χ0) is 12.2. The maximum atomic E-state index is 11.9. The lowest BCUT2D eigenvalue weighted by Crippen LogP contribution is -2.32. The van der Waals surface area contributed by atoms with Gasteiger partial charge in [0.15, 0.2) is 5.03 Å². The van der Waals surface area contributed by atoms with E-state index in [2.05, 4.69) is 9.97 Å². The van der Waals surface area contributed by atoms with E-state index in [4.69, 9.17) is 10.5 Å². The third-order valence-electron chi connectivity index (χ3n) is 1.79. The highest BCUT2D eigenvalue weighted by Gasteiger charge is 2.25. The van der Waals surface area contributed by atoms with E-state index in [1.165, 1.54) is 0 Å². The van der Waals surface area contributed by atoms with E-state index in [0.717, 1.165) is 10.5 Å². The van der Waals surface area contributed by atoms with Crippen molar-refractivity contribution in [2.24, 2.45) is 0 Å². The van der Waals surface area contributed by atoms with E-state index in [1.54, 1.807) is 19.1 Å². The number of imidazole rings is 1. The lowest BCUT2D eigenvalue weighted by Gasteiger charge is -2.13. The number of nitriles is 2. The van der Waals surface area contributed by atoms with Gasteiger partial charge >= 0.3 is 0 Å². The summed E-state index contributed by atoms with van der Waals surface area (Å²) in [5, 5.41) is 16.9. The van der Waals surface area contributed by atoms with E-state index in [-0.39, 0.29) is 18.1 Å². The van der Waals surface area contributed by atoms with Crippen molar-refractivity contribution in [3.05, 3.63) is 12.0 Å². The van der Waals surface area contributed by atoms with E-state index in [0.29, 0.717) is 5.82 Å². The van der Waals surface area contributed by atoms with E-state index in [1.807, 2.05) is 0 Å². The highest BCUT2D eigenvalue weighted by molar-refractivity contribution is 7.89. The molecule has 0 spiro atoms. The SMILES string of the molecule is Cc1ncc(S(=O)(=O)N(CC#N)CC#N)[nH]1. The molecule has 7 nitrogen and oxygen atoms in total. The Kier molecular flexibility index (Phi) is 3.61. The number of aromatic amines is 1. The second-order valence-corrected chi connectivity index (χ2v) is 4.83. The quantitative estimate of drug-likeness (QED) is 0.728. The molecule has 0 aliphatic rings. The third kappa shape index (κ3) is 2.37. The molecule has 0 fully saturated rings. The first-order valence-corrected chi connectivity index (χ1v) is 5.72. The van der Waals surface area contributed by atoms with Crippen LogP contribution in [0.4, 0.5) is 0 Å². The van der Waals surface area contributed by atoms with Crippen LogP contribution in [0.15, 0.2) is 11.2 Å². The molecule has 16 heavy (non-hydrogen) atoms. The Morgan fingerprint density at radius 3 is 2.38 bits per heavy atom. The maximum Gasteiger partial charge on any atom is 0.262 e. The van der Waals surface area contributed by atoms with Crippen LogP contribution in [0.5, 0.6) is 0 Å². The molecular formula is C8H9N5O2S. The van der Waals surface area contributed by atoms with Crippen LogP contribution in [0, 0.1) is 29.6 Å². The fraction of sp³-hybridized carbons (Fsp3) is 0.375. The number of sulfonamides is 1. The van der Waals surface area contributed by atoms with Crippen LogP contribution in [0.2, 0.25) is 0 Å². The molecule has 0 atom stereocenters. The largest absolute Gasteiger partial charge is 0.332 e. The van der Waals surface area contributed by atoms with Crippen molar-refractivity contribution in [1.29, 1.82) is 10.5 Å². The molecule has 1 heterocycles. The summed E-state index contributed by atoms with van der Waals surface area (Å²) >= 11 is 0. The number of rotatable bonds is 4. The van der Waals surface area contributed by atoms with Crippen LogP contribution in [0.3, 0.4) is 0 Å². The molecule has 0 radical (unpaired) electrons. The third-order valence-corrected chi connectivity index (χ3v) is 3.49. The van der Waals surface area contributed by atoms with Gasteiger partial charge in [-0.05, 0) is 6.92 Å². The van der Waals surface area contributed by atoms with E-state index < -0.39 is 10.0 Å². The summed E-state index contributed by atoms with van der Waals surface area (Å²) in [6, 6.07) is 3.39. The molecule has 0 amide bonds. The van der Waals surface area contributed by atoms with Gasteiger partial charge in [-0.25, -0.2) is 13.4 Å². The first-order valence-electron chi connectivity index (χ1n) is 4.28. The van der Waals surface area contributed by atoms with Gasteiger partial charge in [-0.3, -0.25) is 0 Å². The van der Waals surface area contributed by atoms with Crippen molar-refractivity contribution in [3.63, 3.8) is 0 Å². The van der Waals surface area contributed by atoms with Gasteiger partial charge in [-0.1, -0.05) is 0 Å². The molecule has 1 aromatic rings. The number of hydrogen-bond donors (Lipinski definition) is 1. The summed E-state index contributed by atoms with van der Waals surface area (Å²) in [6.45, 7) is 0.875. The van der Waals surface area contributed by atoms with E-state index >= 15 is 0 Å². The summed E-state index contributed by atoms with van der Waals surface area (Å²) in [7, 11) is -3.83. The molecular weight excluding hydrogens is 230 g/mol.